The van der Waals surface area contributed by atoms with E-state index in [1.165, 1.54) is 126 Å². The van der Waals surface area contributed by atoms with E-state index in [9.17, 15) is 8.78 Å². The summed E-state index contributed by atoms with van der Waals surface area (Å²) in [4.78, 5) is 0. The molecule has 0 bridgehead atoms. The number of hydrogen-bond donors (Lipinski definition) is 0. The fourth-order valence-electron chi connectivity index (χ4n) is 9.12. The Bertz CT molecular complexity index is 2870. The minimum Gasteiger partial charge on any atom is -1.00 e. The van der Waals surface area contributed by atoms with Gasteiger partial charge in [-0.2, -0.15) is 18.2 Å². The van der Waals surface area contributed by atoms with Gasteiger partial charge in [-0.1, -0.05) is 171 Å². The summed E-state index contributed by atoms with van der Waals surface area (Å²) in [5, 5.41) is 0. The van der Waals surface area contributed by atoms with Crippen LogP contribution in [0.25, 0.3) is 33.4 Å². The number of fused-ring (bicyclic) bond motifs is 3. The fourth-order valence-corrected chi connectivity index (χ4v) is 9.94. The Labute approximate surface area is 429 Å². The topological polar surface area (TPSA) is 0 Å². The molecular weight excluding hydrogens is 957 g/mol. The zero-order valence-corrected chi connectivity index (χ0v) is 43.3. The molecule has 0 aliphatic heterocycles. The third-order valence-electron chi connectivity index (χ3n) is 13.1. The molecule has 0 unspecified atom stereocenters. The first kappa shape index (κ1) is 51.7. The van der Waals surface area contributed by atoms with E-state index in [-0.39, 0.29) is 47.3 Å². The molecule has 0 N–H and O–H groups in total. The van der Waals surface area contributed by atoms with Crippen LogP contribution in [0, 0.1) is 31.5 Å². The maximum atomic E-state index is 12.8. The van der Waals surface area contributed by atoms with Crippen LogP contribution in [-0.2, 0) is 41.5 Å². The Morgan fingerprint density at radius 2 is 0.926 bits per heavy atom. The first-order chi connectivity index (χ1) is 31.8. The summed E-state index contributed by atoms with van der Waals surface area (Å²) in [6, 6.07) is 73.7. The summed E-state index contributed by atoms with van der Waals surface area (Å²) in [5.41, 5.74) is 19.9. The van der Waals surface area contributed by atoms with Gasteiger partial charge in [0.15, 0.2) is 0 Å². The molecular formula is C63H54Cl2F2Zr-2. The van der Waals surface area contributed by atoms with E-state index >= 15 is 0 Å². The van der Waals surface area contributed by atoms with Crippen LogP contribution in [0.15, 0.2) is 206 Å². The molecule has 0 radical (unpaired) electrons. The molecule has 340 valence electrons. The molecule has 0 saturated carbocycles. The second-order valence-electron chi connectivity index (χ2n) is 18.1. The van der Waals surface area contributed by atoms with Gasteiger partial charge in [-0.3, -0.25) is 0 Å². The number of rotatable bonds is 8. The summed E-state index contributed by atoms with van der Waals surface area (Å²) >= 11 is 1.22. The second-order valence-corrected chi connectivity index (χ2v) is 19.4. The van der Waals surface area contributed by atoms with Gasteiger partial charge < -0.3 is 24.8 Å². The van der Waals surface area contributed by atoms with Crippen molar-refractivity contribution in [1.82, 2.24) is 0 Å². The number of halogens is 4. The summed E-state index contributed by atoms with van der Waals surface area (Å²) in [7, 11) is 0. The fraction of sp³-hybridized carbons (Fsp3) is 0.143. The molecule has 0 aromatic heterocycles. The number of aryl methyl sites for hydroxylation is 2. The van der Waals surface area contributed by atoms with E-state index < -0.39 is 0 Å². The van der Waals surface area contributed by atoms with Crippen LogP contribution in [0.5, 0.6) is 0 Å². The van der Waals surface area contributed by atoms with E-state index in [4.69, 9.17) is 0 Å². The molecule has 0 atom stereocenters. The molecule has 1 aliphatic rings. The molecule has 0 fully saturated rings. The third kappa shape index (κ3) is 11.2. The smallest absolute Gasteiger partial charge is 0.172 e. The molecule has 1 aliphatic carbocycles. The normalized spacial score (nSPS) is 11.3. The van der Waals surface area contributed by atoms with Gasteiger partial charge in [0.25, 0.3) is 0 Å². The van der Waals surface area contributed by atoms with Crippen LogP contribution in [0.4, 0.5) is 8.78 Å². The van der Waals surface area contributed by atoms with Crippen molar-refractivity contribution in [3.8, 4) is 33.4 Å². The predicted octanol–water partition coefficient (Wildman–Crippen LogP) is 10.2. The molecule has 9 aromatic rings. The Balaban J connectivity index is 0.000000274. The van der Waals surface area contributed by atoms with E-state index in [2.05, 4.69) is 175 Å². The molecule has 10 rings (SSSR count). The molecule has 0 spiro atoms. The van der Waals surface area contributed by atoms with Crippen molar-refractivity contribution >= 4 is 3.21 Å². The Kier molecular flexibility index (Phi) is 17.2. The summed E-state index contributed by atoms with van der Waals surface area (Å²) < 4.78 is 26.6. The zero-order valence-electron chi connectivity index (χ0n) is 39.3. The van der Waals surface area contributed by atoms with Crippen LogP contribution in [-0.4, -0.2) is 3.21 Å². The summed E-state index contributed by atoms with van der Waals surface area (Å²) in [6.45, 7) is 13.9. The van der Waals surface area contributed by atoms with Gasteiger partial charge in [-0.25, -0.2) is 12.1 Å². The standard InChI is InChI=1S/C45H41.C13H8F2.C5H5.2ClH.Zr/c1-30-17-13-15-23-36(30)40-26-32-25-33-27-41(37-24-16-14-18-31(37)2)43(45(5,6)35-21-11-8-12-22-35)29-39(33)38(32)28-42(40)44(3,4)34-19-9-7-10-20-34;14-12-5-1-10(2-6-12)9-11-3-7-13(15)8-4-11;1-2-4-5-3-1;;;/h7-24,26,28-29H,25H2,1-6H3;1-8H;1-5H;2*1H;/q-1;;-1;;;+2/p-2. The molecule has 0 saturated heterocycles. The summed E-state index contributed by atoms with van der Waals surface area (Å²) in [5.74, 6) is -0.488. The maximum Gasteiger partial charge on any atom is -0.172 e. The molecule has 5 heteroatoms. The SMILES string of the molecule is Cc1ccccc1-c1[c-]c2c(cc1C(C)(C)c1ccccc1)-c1cc(C(C)(C)c3ccccc3)c(-c3ccccc3C)cc1C2.Fc1ccc([C](=[Zr+2])c2ccc(F)cc2)cc1.[Cl-].[Cl-].c1cc[cH-]c1. The van der Waals surface area contributed by atoms with E-state index in [0.29, 0.717) is 0 Å². The van der Waals surface area contributed by atoms with Crippen LogP contribution >= 0.6 is 0 Å². The molecule has 68 heavy (non-hydrogen) atoms. The average molecular weight is 1010 g/mol. The average Bonchev–Trinajstić information content (AvgIpc) is 4.04. The quantitative estimate of drug-likeness (QED) is 0.133. The Hall–Kier alpha value is -5.70. The second kappa shape index (κ2) is 22.6. The van der Waals surface area contributed by atoms with Crippen molar-refractivity contribution in [2.24, 2.45) is 0 Å². The van der Waals surface area contributed by atoms with Gasteiger partial charge in [0, 0.05) is 5.41 Å². The van der Waals surface area contributed by atoms with Crippen molar-refractivity contribution in [1.29, 1.82) is 0 Å². The van der Waals surface area contributed by atoms with Crippen molar-refractivity contribution < 1.29 is 57.8 Å². The van der Waals surface area contributed by atoms with Crippen molar-refractivity contribution in [3.05, 3.63) is 280 Å². The first-order valence-electron chi connectivity index (χ1n) is 22.6. The minimum absolute atomic E-state index is 0. The van der Waals surface area contributed by atoms with Crippen LogP contribution in [0.3, 0.4) is 0 Å². The third-order valence-corrected chi connectivity index (χ3v) is 14.5. The maximum absolute atomic E-state index is 12.8. The Morgan fingerprint density at radius 1 is 0.485 bits per heavy atom. The molecule has 0 amide bonds. The van der Waals surface area contributed by atoms with E-state index in [0.717, 1.165) is 20.8 Å². The van der Waals surface area contributed by atoms with E-state index in [1.807, 2.05) is 30.3 Å². The zero-order chi connectivity index (χ0) is 46.4. The first-order valence-corrected chi connectivity index (χ1v) is 23.8. The van der Waals surface area contributed by atoms with Gasteiger partial charge >= 0.3 is 108 Å². The van der Waals surface area contributed by atoms with Crippen LogP contribution < -0.4 is 24.8 Å². The summed E-state index contributed by atoms with van der Waals surface area (Å²) in [6.07, 6.45) is 0.889. The Morgan fingerprint density at radius 3 is 1.40 bits per heavy atom. The number of hydrogen-bond acceptors (Lipinski definition) is 0. The van der Waals surface area contributed by atoms with Gasteiger partial charge in [-0.05, 0) is 64.6 Å². The van der Waals surface area contributed by atoms with Crippen LogP contribution in [0.1, 0.15) is 83.3 Å². The van der Waals surface area contributed by atoms with Gasteiger partial charge in [0.2, 0.25) is 0 Å². The van der Waals surface area contributed by atoms with Crippen molar-refractivity contribution in [3.63, 3.8) is 0 Å². The molecule has 9 aromatic carbocycles. The minimum atomic E-state index is -0.244. The van der Waals surface area contributed by atoms with Gasteiger partial charge in [0.05, 0.1) is 0 Å². The van der Waals surface area contributed by atoms with Gasteiger partial charge in [-0.15, -0.1) is 28.8 Å². The van der Waals surface area contributed by atoms with Crippen LogP contribution in [0.2, 0.25) is 0 Å². The monoisotopic (exact) mass is 1010 g/mol. The number of benzene rings is 8. The largest absolute Gasteiger partial charge is 1.00 e. The van der Waals surface area contributed by atoms with Crippen molar-refractivity contribution in [2.45, 2.75) is 58.8 Å². The van der Waals surface area contributed by atoms with Crippen molar-refractivity contribution in [2.75, 3.05) is 0 Å². The van der Waals surface area contributed by atoms with E-state index in [1.54, 1.807) is 24.3 Å². The van der Waals surface area contributed by atoms with Gasteiger partial charge in [0.1, 0.15) is 0 Å². The predicted molar refractivity (Wildman–Crippen MR) is 269 cm³/mol. The molecule has 0 heterocycles. The molecule has 0 nitrogen and oxygen atoms in total.